The third-order valence-corrected chi connectivity index (χ3v) is 4.63. The smallest absolute Gasteiger partial charge is 0.281 e. The number of aryl methyl sites for hydroxylation is 1. The third-order valence-electron chi connectivity index (χ3n) is 3.28. The van der Waals surface area contributed by atoms with Crippen LogP contribution in [0.15, 0.2) is 29.3 Å². The monoisotopic (exact) mass is 309 g/mol. The van der Waals surface area contributed by atoms with E-state index in [1.807, 2.05) is 12.1 Å². The van der Waals surface area contributed by atoms with Crippen molar-refractivity contribution in [2.24, 2.45) is 0 Å². The minimum Gasteiger partial charge on any atom is -0.392 e. The number of hydrogen-bond donors (Lipinski definition) is 3. The maximum absolute atomic E-state index is 12.3. The molecule has 0 unspecified atom stereocenters. The van der Waals surface area contributed by atoms with Crippen LogP contribution in [0.4, 0.5) is 5.69 Å². The second-order valence-corrected chi connectivity index (χ2v) is 6.77. The van der Waals surface area contributed by atoms with Crippen molar-refractivity contribution in [2.75, 3.05) is 4.72 Å². The van der Waals surface area contributed by atoms with Crippen LogP contribution in [0.3, 0.4) is 0 Å². The molecule has 0 aliphatic carbocycles. The molecule has 0 aliphatic heterocycles. The summed E-state index contributed by atoms with van der Waals surface area (Å²) >= 11 is 0. The van der Waals surface area contributed by atoms with Gasteiger partial charge < -0.3 is 5.11 Å². The molecule has 0 radical (unpaired) electrons. The highest BCUT2D eigenvalue weighted by atomic mass is 32.2. The molecule has 2 rings (SSSR count). The Kier molecular flexibility index (Phi) is 4.34. The minimum absolute atomic E-state index is 0.171. The fraction of sp³-hybridized carbons (Fsp3) is 0.357. The van der Waals surface area contributed by atoms with E-state index in [0.717, 1.165) is 5.56 Å². The molecule has 0 saturated carbocycles. The van der Waals surface area contributed by atoms with Gasteiger partial charge in [0.25, 0.3) is 10.0 Å². The van der Waals surface area contributed by atoms with E-state index in [0.29, 0.717) is 17.3 Å². The molecular formula is C14H19N3O3S. The Labute approximate surface area is 124 Å². The van der Waals surface area contributed by atoms with Crippen molar-refractivity contribution in [1.29, 1.82) is 0 Å². The van der Waals surface area contributed by atoms with Crippen LogP contribution in [-0.2, 0) is 16.6 Å². The molecule has 0 atom stereocenters. The van der Waals surface area contributed by atoms with Gasteiger partial charge in [0.1, 0.15) is 0 Å². The van der Waals surface area contributed by atoms with Crippen molar-refractivity contribution >= 4 is 15.7 Å². The number of rotatable bonds is 5. The summed E-state index contributed by atoms with van der Waals surface area (Å²) in [5.74, 6) is 0.380. The number of sulfonamides is 1. The van der Waals surface area contributed by atoms with E-state index in [1.54, 1.807) is 19.1 Å². The first-order valence-electron chi connectivity index (χ1n) is 6.62. The van der Waals surface area contributed by atoms with Gasteiger partial charge in [0.05, 0.1) is 6.61 Å². The molecular weight excluding hydrogens is 290 g/mol. The molecule has 0 aliphatic rings. The van der Waals surface area contributed by atoms with Crippen LogP contribution in [0.1, 0.15) is 36.6 Å². The van der Waals surface area contributed by atoms with Crippen LogP contribution in [0, 0.1) is 6.92 Å². The van der Waals surface area contributed by atoms with E-state index in [1.165, 1.54) is 0 Å². The van der Waals surface area contributed by atoms with Crippen molar-refractivity contribution in [2.45, 2.75) is 38.3 Å². The SMILES string of the molecule is Cc1[nH]nc(S(=O)(=O)Nc2ccc(C(C)C)cc2)c1CO. The van der Waals surface area contributed by atoms with E-state index in [4.69, 9.17) is 0 Å². The van der Waals surface area contributed by atoms with Gasteiger partial charge in [-0.15, -0.1) is 0 Å². The van der Waals surface area contributed by atoms with E-state index in [2.05, 4.69) is 28.8 Å². The van der Waals surface area contributed by atoms with Crippen LogP contribution in [0.5, 0.6) is 0 Å². The highest BCUT2D eigenvalue weighted by Gasteiger charge is 2.23. The lowest BCUT2D eigenvalue weighted by molar-refractivity contribution is 0.277. The highest BCUT2D eigenvalue weighted by molar-refractivity contribution is 7.92. The number of aromatic nitrogens is 2. The van der Waals surface area contributed by atoms with Gasteiger partial charge in [-0.3, -0.25) is 9.82 Å². The molecule has 6 nitrogen and oxygen atoms in total. The van der Waals surface area contributed by atoms with E-state index in [-0.39, 0.29) is 17.2 Å². The first-order valence-corrected chi connectivity index (χ1v) is 8.11. The summed E-state index contributed by atoms with van der Waals surface area (Å²) in [6.07, 6.45) is 0. The molecule has 1 aromatic carbocycles. The summed E-state index contributed by atoms with van der Waals surface area (Å²) in [5, 5.41) is 15.4. The molecule has 0 amide bonds. The Morgan fingerprint density at radius 1 is 1.29 bits per heavy atom. The van der Waals surface area contributed by atoms with Gasteiger partial charge in [-0.2, -0.15) is 13.5 Å². The first-order chi connectivity index (χ1) is 9.85. The zero-order chi connectivity index (χ0) is 15.6. The second kappa shape index (κ2) is 5.87. The third kappa shape index (κ3) is 3.25. The fourth-order valence-corrected chi connectivity index (χ4v) is 3.23. The van der Waals surface area contributed by atoms with E-state index in [9.17, 15) is 13.5 Å². The maximum Gasteiger partial charge on any atom is 0.281 e. The van der Waals surface area contributed by atoms with E-state index < -0.39 is 10.0 Å². The number of benzene rings is 1. The fourth-order valence-electron chi connectivity index (χ4n) is 1.98. The number of H-pyrrole nitrogens is 1. The molecule has 114 valence electrons. The lowest BCUT2D eigenvalue weighted by Gasteiger charge is -2.09. The zero-order valence-corrected chi connectivity index (χ0v) is 13.0. The van der Waals surface area contributed by atoms with Gasteiger partial charge in [0.15, 0.2) is 0 Å². The van der Waals surface area contributed by atoms with Crippen LogP contribution in [0.2, 0.25) is 0 Å². The minimum atomic E-state index is -3.82. The average Bonchev–Trinajstić information content (AvgIpc) is 2.80. The van der Waals surface area contributed by atoms with Gasteiger partial charge in [-0.05, 0) is 30.5 Å². The summed E-state index contributed by atoms with van der Waals surface area (Å²) in [7, 11) is -3.82. The van der Waals surface area contributed by atoms with Crippen molar-refractivity contribution < 1.29 is 13.5 Å². The number of hydrogen-bond acceptors (Lipinski definition) is 4. The summed E-state index contributed by atoms with van der Waals surface area (Å²) in [6.45, 7) is 5.41. The molecule has 0 fully saturated rings. The average molecular weight is 309 g/mol. The Bertz CT molecular complexity index is 718. The first kappa shape index (κ1) is 15.5. The van der Waals surface area contributed by atoms with Crippen LogP contribution < -0.4 is 4.72 Å². The number of nitrogens with zero attached hydrogens (tertiary/aromatic N) is 1. The zero-order valence-electron chi connectivity index (χ0n) is 12.2. The van der Waals surface area contributed by atoms with Crippen LogP contribution in [0.25, 0.3) is 0 Å². The Hall–Kier alpha value is -1.86. The van der Waals surface area contributed by atoms with Gasteiger partial charge in [0.2, 0.25) is 5.03 Å². The molecule has 0 bridgehead atoms. The number of nitrogens with one attached hydrogen (secondary N) is 2. The molecule has 1 heterocycles. The molecule has 0 saturated heterocycles. The predicted octanol–water partition coefficient (Wildman–Crippen LogP) is 2.13. The van der Waals surface area contributed by atoms with Gasteiger partial charge in [-0.25, -0.2) is 0 Å². The quantitative estimate of drug-likeness (QED) is 0.788. The van der Waals surface area contributed by atoms with Crippen molar-refractivity contribution in [3.05, 3.63) is 41.1 Å². The van der Waals surface area contributed by atoms with Crippen LogP contribution >= 0.6 is 0 Å². The van der Waals surface area contributed by atoms with Gasteiger partial charge in [-0.1, -0.05) is 26.0 Å². The number of aromatic amines is 1. The largest absolute Gasteiger partial charge is 0.392 e. The molecule has 7 heteroatoms. The molecule has 21 heavy (non-hydrogen) atoms. The topological polar surface area (TPSA) is 95.1 Å². The Morgan fingerprint density at radius 2 is 1.90 bits per heavy atom. The number of aliphatic hydroxyl groups excluding tert-OH is 1. The second-order valence-electron chi connectivity index (χ2n) is 5.17. The normalized spacial score (nSPS) is 11.9. The Balaban J connectivity index is 2.28. The van der Waals surface area contributed by atoms with Crippen LogP contribution in [-0.4, -0.2) is 23.7 Å². The molecule has 1 aromatic heterocycles. The summed E-state index contributed by atoms with van der Waals surface area (Å²) in [6, 6.07) is 7.19. The van der Waals surface area contributed by atoms with Gasteiger partial charge >= 0.3 is 0 Å². The Morgan fingerprint density at radius 3 is 2.43 bits per heavy atom. The van der Waals surface area contributed by atoms with Crippen molar-refractivity contribution in [3.8, 4) is 0 Å². The van der Waals surface area contributed by atoms with Crippen molar-refractivity contribution in [3.63, 3.8) is 0 Å². The predicted molar refractivity (Wildman–Crippen MR) is 80.6 cm³/mol. The lowest BCUT2D eigenvalue weighted by Crippen LogP contribution is -2.15. The molecule has 3 N–H and O–H groups in total. The maximum atomic E-state index is 12.3. The summed E-state index contributed by atoms with van der Waals surface area (Å²) in [5.41, 5.74) is 2.41. The summed E-state index contributed by atoms with van der Waals surface area (Å²) in [4.78, 5) is 0. The van der Waals surface area contributed by atoms with Gasteiger partial charge in [0, 0.05) is 16.9 Å². The standard InChI is InChI=1S/C14H19N3O3S/c1-9(2)11-4-6-12(7-5-11)17-21(19,20)14-13(8-18)10(3)15-16-14/h4-7,9,17-18H,8H2,1-3H3,(H,15,16). The highest BCUT2D eigenvalue weighted by Crippen LogP contribution is 2.22. The summed E-state index contributed by atoms with van der Waals surface area (Å²) < 4.78 is 27.1. The van der Waals surface area contributed by atoms with E-state index >= 15 is 0 Å². The molecule has 2 aromatic rings. The lowest BCUT2D eigenvalue weighted by atomic mass is 10.0. The number of anilines is 1. The van der Waals surface area contributed by atoms with Crippen molar-refractivity contribution in [1.82, 2.24) is 10.2 Å². The number of aliphatic hydroxyl groups is 1. The molecule has 0 spiro atoms.